The summed E-state index contributed by atoms with van der Waals surface area (Å²) in [4.78, 5) is 0. The topological polar surface area (TPSA) is 21.3 Å². The third kappa shape index (κ3) is 3.50. The first kappa shape index (κ1) is 15.1. The molecule has 0 radical (unpaired) electrons. The van der Waals surface area contributed by atoms with Crippen LogP contribution < -0.4 is 10.1 Å². The van der Waals surface area contributed by atoms with E-state index in [0.717, 1.165) is 40.8 Å². The Balaban J connectivity index is 1.62. The first-order valence-electron chi connectivity index (χ1n) is 7.03. The van der Waals surface area contributed by atoms with Gasteiger partial charge in [0.1, 0.15) is 5.75 Å². The van der Waals surface area contributed by atoms with Crippen molar-refractivity contribution in [1.29, 1.82) is 0 Å². The van der Waals surface area contributed by atoms with Crippen LogP contribution in [0.2, 0.25) is 0 Å². The lowest BCUT2D eigenvalue weighted by Crippen LogP contribution is -2.57. The Morgan fingerprint density at radius 2 is 1.48 bits per heavy atom. The quantitative estimate of drug-likeness (QED) is 0.782. The predicted octanol–water partition coefficient (Wildman–Crippen LogP) is 4.52. The average molecular weight is 411 g/mol. The van der Waals surface area contributed by atoms with Gasteiger partial charge in [-0.25, -0.2) is 0 Å². The molecule has 1 aliphatic rings. The van der Waals surface area contributed by atoms with E-state index in [1.54, 1.807) is 0 Å². The third-order valence-electron chi connectivity index (χ3n) is 4.05. The first-order chi connectivity index (χ1) is 10.2. The fraction of sp³-hybridized carbons (Fsp3) is 0.294. The summed E-state index contributed by atoms with van der Waals surface area (Å²) in [5.74, 6) is 0.927. The second kappa shape index (κ2) is 6.51. The molecular formula is C17H17Br2NO. The van der Waals surface area contributed by atoms with Crippen LogP contribution in [0.3, 0.4) is 0 Å². The smallest absolute Gasteiger partial charge is 0.119 e. The highest BCUT2D eigenvalue weighted by molar-refractivity contribution is 9.10. The molecule has 0 atom stereocenters. The van der Waals surface area contributed by atoms with E-state index in [1.807, 2.05) is 24.3 Å². The van der Waals surface area contributed by atoms with Crippen molar-refractivity contribution in [2.24, 2.45) is 0 Å². The van der Waals surface area contributed by atoms with Gasteiger partial charge < -0.3 is 10.1 Å². The van der Waals surface area contributed by atoms with Gasteiger partial charge in [-0.2, -0.15) is 0 Å². The van der Waals surface area contributed by atoms with E-state index in [-0.39, 0.29) is 5.41 Å². The van der Waals surface area contributed by atoms with Crippen LogP contribution in [0.15, 0.2) is 57.5 Å². The van der Waals surface area contributed by atoms with Crippen LogP contribution in [0, 0.1) is 0 Å². The van der Waals surface area contributed by atoms with Gasteiger partial charge in [-0.05, 0) is 48.4 Å². The standard InChI is InChI=1S/C17H17Br2NO/c18-14-3-1-13(2-4-14)17(11-20-12-17)9-10-21-16-7-5-15(19)6-8-16/h1-8,20H,9-12H2. The van der Waals surface area contributed by atoms with Crippen molar-refractivity contribution >= 4 is 31.9 Å². The van der Waals surface area contributed by atoms with Crippen molar-refractivity contribution in [2.75, 3.05) is 19.7 Å². The van der Waals surface area contributed by atoms with Crippen molar-refractivity contribution < 1.29 is 4.74 Å². The highest BCUT2D eigenvalue weighted by Gasteiger charge is 2.38. The van der Waals surface area contributed by atoms with Gasteiger partial charge in [0.25, 0.3) is 0 Å². The molecule has 2 aromatic rings. The van der Waals surface area contributed by atoms with E-state index in [1.165, 1.54) is 5.56 Å². The van der Waals surface area contributed by atoms with E-state index in [9.17, 15) is 0 Å². The summed E-state index contributed by atoms with van der Waals surface area (Å²) in [6, 6.07) is 16.7. The Kier molecular flexibility index (Phi) is 4.67. The molecule has 0 aromatic heterocycles. The zero-order valence-corrected chi connectivity index (χ0v) is 14.8. The normalized spacial score (nSPS) is 16.3. The molecule has 0 bridgehead atoms. The van der Waals surface area contributed by atoms with Gasteiger partial charge in [0.15, 0.2) is 0 Å². The van der Waals surface area contributed by atoms with Gasteiger partial charge >= 0.3 is 0 Å². The summed E-state index contributed by atoms with van der Waals surface area (Å²) >= 11 is 6.93. The highest BCUT2D eigenvalue weighted by Crippen LogP contribution is 2.33. The monoisotopic (exact) mass is 409 g/mol. The molecular weight excluding hydrogens is 394 g/mol. The fourth-order valence-electron chi connectivity index (χ4n) is 2.65. The minimum Gasteiger partial charge on any atom is -0.494 e. The molecule has 0 saturated carbocycles. The van der Waals surface area contributed by atoms with E-state index in [4.69, 9.17) is 4.74 Å². The second-order valence-electron chi connectivity index (χ2n) is 5.44. The van der Waals surface area contributed by atoms with Crippen molar-refractivity contribution in [3.8, 4) is 5.75 Å². The summed E-state index contributed by atoms with van der Waals surface area (Å²) < 4.78 is 8.08. The van der Waals surface area contributed by atoms with Crippen molar-refractivity contribution in [3.05, 3.63) is 63.0 Å². The molecule has 1 saturated heterocycles. The molecule has 0 spiro atoms. The van der Waals surface area contributed by atoms with Crippen molar-refractivity contribution in [2.45, 2.75) is 11.8 Å². The van der Waals surface area contributed by atoms with Crippen LogP contribution in [-0.2, 0) is 5.41 Å². The van der Waals surface area contributed by atoms with Gasteiger partial charge in [0.2, 0.25) is 0 Å². The maximum Gasteiger partial charge on any atom is 0.119 e. The second-order valence-corrected chi connectivity index (χ2v) is 7.27. The molecule has 110 valence electrons. The fourth-order valence-corrected chi connectivity index (χ4v) is 3.18. The summed E-state index contributed by atoms with van der Waals surface area (Å²) in [7, 11) is 0. The molecule has 3 rings (SSSR count). The van der Waals surface area contributed by atoms with Gasteiger partial charge in [-0.15, -0.1) is 0 Å². The number of hydrogen-bond donors (Lipinski definition) is 1. The molecule has 1 N–H and O–H groups in total. The van der Waals surface area contributed by atoms with Gasteiger partial charge in [0, 0.05) is 27.4 Å². The van der Waals surface area contributed by atoms with Gasteiger partial charge in [0.05, 0.1) is 6.61 Å². The molecule has 2 aromatic carbocycles. The highest BCUT2D eigenvalue weighted by atomic mass is 79.9. The molecule has 4 heteroatoms. The van der Waals surface area contributed by atoms with E-state index in [2.05, 4.69) is 61.4 Å². The number of nitrogens with one attached hydrogen (secondary N) is 1. The first-order valence-corrected chi connectivity index (χ1v) is 8.62. The summed E-state index contributed by atoms with van der Waals surface area (Å²) in [5, 5.41) is 3.40. The molecule has 1 heterocycles. The predicted molar refractivity (Wildman–Crippen MR) is 92.9 cm³/mol. The third-order valence-corrected chi connectivity index (χ3v) is 5.10. The minimum absolute atomic E-state index is 0.218. The Labute approximate surface area is 142 Å². The van der Waals surface area contributed by atoms with Crippen LogP contribution >= 0.6 is 31.9 Å². The average Bonchev–Trinajstić information content (AvgIpc) is 2.45. The lowest BCUT2D eigenvalue weighted by Gasteiger charge is -2.43. The lowest BCUT2D eigenvalue weighted by atomic mass is 9.73. The Bertz CT molecular complexity index is 591. The zero-order chi connectivity index (χ0) is 14.7. The summed E-state index contributed by atoms with van der Waals surface area (Å²) in [6.07, 6.45) is 1.03. The molecule has 0 unspecified atom stereocenters. The van der Waals surface area contributed by atoms with E-state index in [0.29, 0.717) is 0 Å². The van der Waals surface area contributed by atoms with Crippen LogP contribution in [0.5, 0.6) is 5.75 Å². The number of rotatable bonds is 5. The molecule has 1 aliphatic heterocycles. The molecule has 2 nitrogen and oxygen atoms in total. The number of hydrogen-bond acceptors (Lipinski definition) is 2. The molecule has 1 fully saturated rings. The van der Waals surface area contributed by atoms with Crippen LogP contribution in [0.1, 0.15) is 12.0 Å². The SMILES string of the molecule is Brc1ccc(OCCC2(c3ccc(Br)cc3)CNC2)cc1. The maximum atomic E-state index is 5.88. The van der Waals surface area contributed by atoms with Gasteiger partial charge in [-0.3, -0.25) is 0 Å². The Hall–Kier alpha value is -0.840. The van der Waals surface area contributed by atoms with Crippen LogP contribution in [0.4, 0.5) is 0 Å². The molecule has 0 amide bonds. The van der Waals surface area contributed by atoms with Crippen molar-refractivity contribution in [3.63, 3.8) is 0 Å². The number of halogens is 2. The van der Waals surface area contributed by atoms with Crippen LogP contribution in [-0.4, -0.2) is 19.7 Å². The minimum atomic E-state index is 0.218. The molecule has 0 aliphatic carbocycles. The number of ether oxygens (including phenoxy) is 1. The Morgan fingerprint density at radius 3 is 2.00 bits per heavy atom. The lowest BCUT2D eigenvalue weighted by molar-refractivity contribution is 0.199. The largest absolute Gasteiger partial charge is 0.494 e. The summed E-state index contributed by atoms with van der Waals surface area (Å²) in [5.41, 5.74) is 1.61. The summed E-state index contributed by atoms with van der Waals surface area (Å²) in [6.45, 7) is 2.79. The van der Waals surface area contributed by atoms with Crippen LogP contribution in [0.25, 0.3) is 0 Å². The maximum absolute atomic E-state index is 5.88. The molecule has 21 heavy (non-hydrogen) atoms. The van der Waals surface area contributed by atoms with E-state index < -0.39 is 0 Å². The van der Waals surface area contributed by atoms with Crippen molar-refractivity contribution in [1.82, 2.24) is 5.32 Å². The Morgan fingerprint density at radius 1 is 0.905 bits per heavy atom. The number of benzene rings is 2. The van der Waals surface area contributed by atoms with E-state index >= 15 is 0 Å². The van der Waals surface area contributed by atoms with Gasteiger partial charge in [-0.1, -0.05) is 44.0 Å². The zero-order valence-electron chi connectivity index (χ0n) is 11.6.